The molecular formula is C11H16N6O. The number of anilines is 1. The highest BCUT2D eigenvalue weighted by molar-refractivity contribution is 5.75. The zero-order valence-electron chi connectivity index (χ0n) is 10.4. The Balaban J connectivity index is 1.95. The van der Waals surface area contributed by atoms with E-state index in [4.69, 9.17) is 5.73 Å². The Hall–Kier alpha value is -2.31. The first-order valence-electron chi connectivity index (χ1n) is 5.55. The fraction of sp³-hybridized carbons (Fsp3) is 0.364. The van der Waals surface area contributed by atoms with Crippen LogP contribution >= 0.6 is 0 Å². The topological polar surface area (TPSA) is 82.0 Å². The summed E-state index contributed by atoms with van der Waals surface area (Å²) < 4.78 is 3.41. The molecule has 7 heteroatoms. The predicted octanol–water partition coefficient (Wildman–Crippen LogP) is -0.143. The lowest BCUT2D eigenvalue weighted by molar-refractivity contribution is -0.131. The van der Waals surface area contributed by atoms with Crippen molar-refractivity contribution >= 4 is 11.7 Å². The van der Waals surface area contributed by atoms with Crippen LogP contribution in [0.15, 0.2) is 24.7 Å². The van der Waals surface area contributed by atoms with Crippen molar-refractivity contribution < 1.29 is 4.79 Å². The van der Waals surface area contributed by atoms with Gasteiger partial charge in [0.2, 0.25) is 5.91 Å². The van der Waals surface area contributed by atoms with E-state index in [0.29, 0.717) is 12.4 Å². The number of nitrogen functional groups attached to an aromatic ring is 1. The number of rotatable bonds is 4. The highest BCUT2D eigenvalue weighted by Gasteiger charge is 2.12. The summed E-state index contributed by atoms with van der Waals surface area (Å²) in [5.41, 5.74) is 5.49. The summed E-state index contributed by atoms with van der Waals surface area (Å²) in [6, 6.07) is 1.66. The van der Waals surface area contributed by atoms with Crippen LogP contribution in [-0.4, -0.2) is 37.2 Å². The van der Waals surface area contributed by atoms with Crippen molar-refractivity contribution in [3.63, 3.8) is 0 Å². The molecule has 0 spiro atoms. The monoisotopic (exact) mass is 248 g/mol. The molecule has 2 rings (SSSR count). The largest absolute Gasteiger partial charge is 0.382 e. The molecular weight excluding hydrogens is 232 g/mol. The van der Waals surface area contributed by atoms with Crippen LogP contribution in [0.2, 0.25) is 0 Å². The number of amides is 1. The normalized spacial score (nSPS) is 10.6. The van der Waals surface area contributed by atoms with E-state index >= 15 is 0 Å². The van der Waals surface area contributed by atoms with Crippen LogP contribution in [-0.2, 0) is 24.9 Å². The number of nitrogens with two attached hydrogens (primary N) is 1. The van der Waals surface area contributed by atoms with Crippen LogP contribution in [0.1, 0.15) is 5.82 Å². The van der Waals surface area contributed by atoms with Gasteiger partial charge in [-0.2, -0.15) is 5.10 Å². The van der Waals surface area contributed by atoms with Gasteiger partial charge in [-0.25, -0.2) is 4.98 Å². The van der Waals surface area contributed by atoms with Crippen LogP contribution in [0.5, 0.6) is 0 Å². The van der Waals surface area contributed by atoms with E-state index in [0.717, 1.165) is 5.82 Å². The molecule has 0 unspecified atom stereocenters. The molecule has 0 saturated heterocycles. The number of imidazole rings is 1. The van der Waals surface area contributed by atoms with Crippen molar-refractivity contribution in [1.82, 2.24) is 24.2 Å². The average molecular weight is 248 g/mol. The molecule has 0 atom stereocenters. The number of likely N-dealkylation sites (N-methyl/N-ethyl adjacent to an activating group) is 1. The number of aromatic nitrogens is 4. The van der Waals surface area contributed by atoms with Crippen molar-refractivity contribution in [1.29, 1.82) is 0 Å². The van der Waals surface area contributed by atoms with Gasteiger partial charge in [-0.15, -0.1) is 0 Å². The van der Waals surface area contributed by atoms with Gasteiger partial charge in [0.25, 0.3) is 0 Å². The molecule has 2 N–H and O–H groups in total. The third kappa shape index (κ3) is 2.68. The summed E-state index contributed by atoms with van der Waals surface area (Å²) in [5.74, 6) is 1.21. The number of carbonyl (C=O) groups excluding carboxylic acids is 1. The van der Waals surface area contributed by atoms with Crippen LogP contribution in [0, 0.1) is 0 Å². The number of carbonyl (C=O) groups is 1. The molecule has 0 aromatic carbocycles. The molecule has 2 aromatic heterocycles. The molecule has 0 bridgehead atoms. The maximum Gasteiger partial charge on any atom is 0.244 e. The second-order valence-electron chi connectivity index (χ2n) is 4.14. The van der Waals surface area contributed by atoms with Gasteiger partial charge in [0, 0.05) is 32.7 Å². The van der Waals surface area contributed by atoms with Crippen LogP contribution in [0.3, 0.4) is 0 Å². The van der Waals surface area contributed by atoms with Gasteiger partial charge < -0.3 is 15.2 Å². The Bertz CT molecular complexity index is 543. The van der Waals surface area contributed by atoms with Crippen molar-refractivity contribution in [3.05, 3.63) is 30.5 Å². The van der Waals surface area contributed by atoms with Gasteiger partial charge in [-0.1, -0.05) is 0 Å². The SMILES string of the molecule is CN(Cc1nccn1C)C(=O)Cn1ccc(N)n1. The fourth-order valence-electron chi connectivity index (χ4n) is 1.57. The first-order chi connectivity index (χ1) is 8.56. The van der Waals surface area contributed by atoms with E-state index in [-0.39, 0.29) is 12.5 Å². The average Bonchev–Trinajstić information content (AvgIpc) is 2.89. The first-order valence-corrected chi connectivity index (χ1v) is 5.55. The lowest BCUT2D eigenvalue weighted by Crippen LogP contribution is -2.30. The van der Waals surface area contributed by atoms with Gasteiger partial charge in [-0.05, 0) is 6.07 Å². The van der Waals surface area contributed by atoms with E-state index in [1.54, 1.807) is 30.4 Å². The van der Waals surface area contributed by atoms with E-state index < -0.39 is 0 Å². The summed E-state index contributed by atoms with van der Waals surface area (Å²) in [6.07, 6.45) is 5.24. The molecule has 0 aliphatic heterocycles. The van der Waals surface area contributed by atoms with Gasteiger partial charge in [0.1, 0.15) is 18.2 Å². The molecule has 7 nitrogen and oxygen atoms in total. The van der Waals surface area contributed by atoms with E-state index in [1.165, 1.54) is 4.68 Å². The molecule has 0 radical (unpaired) electrons. The summed E-state index contributed by atoms with van der Waals surface area (Å²) in [6.45, 7) is 0.650. The Morgan fingerprint density at radius 1 is 1.50 bits per heavy atom. The highest BCUT2D eigenvalue weighted by Crippen LogP contribution is 2.02. The summed E-state index contributed by atoms with van der Waals surface area (Å²) in [5, 5.41) is 3.97. The van der Waals surface area contributed by atoms with Gasteiger partial charge >= 0.3 is 0 Å². The molecule has 0 fully saturated rings. The molecule has 18 heavy (non-hydrogen) atoms. The summed E-state index contributed by atoms with van der Waals surface area (Å²) in [7, 11) is 3.64. The maximum absolute atomic E-state index is 11.9. The molecule has 0 aliphatic carbocycles. The van der Waals surface area contributed by atoms with Crippen molar-refractivity contribution in [2.45, 2.75) is 13.1 Å². The quantitative estimate of drug-likeness (QED) is 0.816. The van der Waals surface area contributed by atoms with Crippen molar-refractivity contribution in [2.75, 3.05) is 12.8 Å². The molecule has 2 heterocycles. The second-order valence-corrected chi connectivity index (χ2v) is 4.14. The predicted molar refractivity (Wildman–Crippen MR) is 66.3 cm³/mol. The maximum atomic E-state index is 11.9. The van der Waals surface area contributed by atoms with Gasteiger partial charge in [0.05, 0.1) is 6.54 Å². The summed E-state index contributed by atoms with van der Waals surface area (Å²) >= 11 is 0. The van der Waals surface area contributed by atoms with E-state index in [2.05, 4.69) is 10.1 Å². The first kappa shape index (κ1) is 12.2. The summed E-state index contributed by atoms with van der Waals surface area (Å²) in [4.78, 5) is 17.7. The number of aryl methyl sites for hydroxylation is 1. The molecule has 1 amide bonds. The van der Waals surface area contributed by atoms with Crippen molar-refractivity contribution in [3.8, 4) is 0 Å². The lowest BCUT2D eigenvalue weighted by Gasteiger charge is -2.16. The third-order valence-corrected chi connectivity index (χ3v) is 2.68. The Morgan fingerprint density at radius 3 is 2.83 bits per heavy atom. The Labute approximate surface area is 105 Å². The highest BCUT2D eigenvalue weighted by atomic mass is 16.2. The zero-order chi connectivity index (χ0) is 13.1. The van der Waals surface area contributed by atoms with Gasteiger partial charge in [0.15, 0.2) is 0 Å². The third-order valence-electron chi connectivity index (χ3n) is 2.68. The van der Waals surface area contributed by atoms with Crippen LogP contribution < -0.4 is 5.73 Å². The van der Waals surface area contributed by atoms with Crippen LogP contribution in [0.4, 0.5) is 5.82 Å². The smallest absolute Gasteiger partial charge is 0.244 e. The van der Waals surface area contributed by atoms with Crippen molar-refractivity contribution in [2.24, 2.45) is 7.05 Å². The number of hydrogen-bond acceptors (Lipinski definition) is 4. The Morgan fingerprint density at radius 2 is 2.28 bits per heavy atom. The van der Waals surface area contributed by atoms with Gasteiger partial charge in [-0.3, -0.25) is 9.48 Å². The molecule has 0 saturated carbocycles. The second kappa shape index (κ2) is 4.91. The number of nitrogens with zero attached hydrogens (tertiary/aromatic N) is 5. The fourth-order valence-corrected chi connectivity index (χ4v) is 1.57. The Kier molecular flexibility index (Phi) is 3.31. The minimum absolute atomic E-state index is 0.0406. The van der Waals surface area contributed by atoms with E-state index in [1.807, 2.05) is 17.8 Å². The number of hydrogen-bond donors (Lipinski definition) is 1. The molecule has 2 aromatic rings. The molecule has 96 valence electrons. The minimum atomic E-state index is -0.0406. The standard InChI is InChI=1S/C11H16N6O/c1-15-6-4-13-10(15)7-16(2)11(18)8-17-5-3-9(12)14-17/h3-6H,7-8H2,1-2H3,(H2,12,14). The zero-order valence-corrected chi connectivity index (χ0v) is 10.4. The van der Waals surface area contributed by atoms with E-state index in [9.17, 15) is 4.79 Å². The minimum Gasteiger partial charge on any atom is -0.382 e. The lowest BCUT2D eigenvalue weighted by atomic mass is 10.4. The molecule has 0 aliphatic rings. The van der Waals surface area contributed by atoms with Crippen LogP contribution in [0.25, 0.3) is 0 Å².